The predicted molar refractivity (Wildman–Crippen MR) is 74.2 cm³/mol. The van der Waals surface area contributed by atoms with E-state index in [0.29, 0.717) is 6.54 Å². The van der Waals surface area contributed by atoms with Crippen molar-refractivity contribution in [3.63, 3.8) is 0 Å². The molecular formula is C15H27NO3. The number of hydrogen-bond acceptors (Lipinski definition) is 3. The molecule has 0 radical (unpaired) electrons. The first-order valence-electron chi connectivity index (χ1n) is 7.66. The number of nitrogens with one attached hydrogen (secondary N) is 1. The van der Waals surface area contributed by atoms with Gasteiger partial charge in [-0.05, 0) is 31.6 Å². The van der Waals surface area contributed by atoms with E-state index < -0.39 is 12.0 Å². The zero-order valence-electron chi connectivity index (χ0n) is 12.2. The van der Waals surface area contributed by atoms with Crippen LogP contribution in [0, 0.1) is 5.92 Å². The Balaban J connectivity index is 1.80. The summed E-state index contributed by atoms with van der Waals surface area (Å²) in [5, 5.41) is 12.3. The summed E-state index contributed by atoms with van der Waals surface area (Å²) in [7, 11) is 0. The van der Waals surface area contributed by atoms with Crippen molar-refractivity contribution in [2.45, 2.75) is 76.5 Å². The van der Waals surface area contributed by atoms with Crippen molar-refractivity contribution in [2.75, 3.05) is 6.54 Å². The first-order chi connectivity index (χ1) is 9.02. The van der Waals surface area contributed by atoms with Gasteiger partial charge in [0.2, 0.25) is 0 Å². The van der Waals surface area contributed by atoms with E-state index in [-0.39, 0.29) is 17.6 Å². The molecule has 2 fully saturated rings. The Kier molecular flexibility index (Phi) is 4.85. The molecule has 2 aliphatic rings. The van der Waals surface area contributed by atoms with E-state index in [1.165, 1.54) is 32.1 Å². The molecule has 4 heteroatoms. The molecule has 2 rings (SSSR count). The lowest BCUT2D eigenvalue weighted by atomic mass is 9.83. The fraction of sp³-hybridized carbons (Fsp3) is 0.933. The lowest BCUT2D eigenvalue weighted by molar-refractivity contribution is -0.140. The van der Waals surface area contributed by atoms with Crippen molar-refractivity contribution in [3.05, 3.63) is 0 Å². The summed E-state index contributed by atoms with van der Waals surface area (Å²) in [6.45, 7) is 4.53. The highest BCUT2D eigenvalue weighted by molar-refractivity contribution is 5.73. The van der Waals surface area contributed by atoms with Gasteiger partial charge in [0.15, 0.2) is 0 Å². The van der Waals surface area contributed by atoms with E-state index in [1.807, 2.05) is 13.8 Å². The molecule has 19 heavy (non-hydrogen) atoms. The van der Waals surface area contributed by atoms with Crippen molar-refractivity contribution < 1.29 is 14.6 Å². The molecule has 2 unspecified atom stereocenters. The Morgan fingerprint density at radius 2 is 2.00 bits per heavy atom. The number of carbonyl (C=O) groups is 1. The van der Waals surface area contributed by atoms with Crippen LogP contribution in [0.1, 0.15) is 58.8 Å². The van der Waals surface area contributed by atoms with E-state index in [9.17, 15) is 4.79 Å². The van der Waals surface area contributed by atoms with Gasteiger partial charge < -0.3 is 15.2 Å². The summed E-state index contributed by atoms with van der Waals surface area (Å²) in [6, 6.07) is -0.466. The average Bonchev–Trinajstić information content (AvgIpc) is 2.72. The fourth-order valence-corrected chi connectivity index (χ4v) is 3.47. The summed E-state index contributed by atoms with van der Waals surface area (Å²) in [6.07, 6.45) is 8.69. The quantitative estimate of drug-likeness (QED) is 0.805. The number of ether oxygens (including phenoxy) is 1. The molecule has 0 aromatic rings. The maximum absolute atomic E-state index is 11.1. The van der Waals surface area contributed by atoms with Crippen LogP contribution in [0.3, 0.4) is 0 Å². The second-order valence-electron chi connectivity index (χ2n) is 6.49. The second kappa shape index (κ2) is 6.23. The third kappa shape index (κ3) is 3.69. The van der Waals surface area contributed by atoms with Gasteiger partial charge in [-0.2, -0.15) is 0 Å². The van der Waals surface area contributed by atoms with Gasteiger partial charge in [0, 0.05) is 6.54 Å². The molecule has 2 N–H and O–H groups in total. The normalized spacial score (nSPS) is 27.8. The Morgan fingerprint density at radius 1 is 1.32 bits per heavy atom. The number of hydrogen-bond donors (Lipinski definition) is 2. The zero-order valence-corrected chi connectivity index (χ0v) is 12.2. The Hall–Kier alpha value is -0.610. The second-order valence-corrected chi connectivity index (χ2v) is 6.49. The van der Waals surface area contributed by atoms with Crippen LogP contribution in [0.4, 0.5) is 0 Å². The third-order valence-electron chi connectivity index (χ3n) is 4.60. The van der Waals surface area contributed by atoms with Crippen LogP contribution in [0.15, 0.2) is 0 Å². The first kappa shape index (κ1) is 14.8. The van der Waals surface area contributed by atoms with Gasteiger partial charge >= 0.3 is 5.97 Å². The lowest BCUT2D eigenvalue weighted by Crippen LogP contribution is -2.44. The minimum absolute atomic E-state index is 0.0996. The van der Waals surface area contributed by atoms with Crippen LogP contribution < -0.4 is 5.32 Å². The summed E-state index contributed by atoms with van der Waals surface area (Å²) < 4.78 is 6.24. The zero-order chi connectivity index (χ0) is 13.9. The van der Waals surface area contributed by atoms with E-state index in [0.717, 1.165) is 12.8 Å². The van der Waals surface area contributed by atoms with Crippen molar-refractivity contribution in [2.24, 2.45) is 5.92 Å². The van der Waals surface area contributed by atoms with Crippen LogP contribution in [-0.4, -0.2) is 35.4 Å². The summed E-state index contributed by atoms with van der Waals surface area (Å²) in [4.78, 5) is 11.1. The van der Waals surface area contributed by atoms with Gasteiger partial charge in [0.1, 0.15) is 6.04 Å². The van der Waals surface area contributed by atoms with Crippen molar-refractivity contribution in [3.8, 4) is 0 Å². The average molecular weight is 269 g/mol. The molecule has 2 atom stereocenters. The smallest absolute Gasteiger partial charge is 0.320 e. The highest BCUT2D eigenvalue weighted by Crippen LogP contribution is 2.41. The SMILES string of the molecule is CC(C)C(NCC1CCC2(CCCCC2)O1)C(=O)O. The molecule has 1 aliphatic heterocycles. The van der Waals surface area contributed by atoms with Gasteiger partial charge in [-0.3, -0.25) is 4.79 Å². The number of carboxylic acids is 1. The van der Waals surface area contributed by atoms with Gasteiger partial charge in [0.25, 0.3) is 0 Å². The molecule has 1 saturated heterocycles. The minimum Gasteiger partial charge on any atom is -0.480 e. The molecule has 110 valence electrons. The molecule has 0 amide bonds. The van der Waals surface area contributed by atoms with Crippen LogP contribution in [0.2, 0.25) is 0 Å². The molecule has 0 bridgehead atoms. The van der Waals surface area contributed by atoms with E-state index in [4.69, 9.17) is 9.84 Å². The summed E-state index contributed by atoms with van der Waals surface area (Å²) in [5.41, 5.74) is 0.126. The highest BCUT2D eigenvalue weighted by atomic mass is 16.5. The Labute approximate surface area is 115 Å². The molecule has 1 spiro atoms. The molecule has 0 aromatic carbocycles. The van der Waals surface area contributed by atoms with Crippen LogP contribution in [0.5, 0.6) is 0 Å². The molecule has 0 aromatic heterocycles. The molecule has 4 nitrogen and oxygen atoms in total. The standard InChI is InChI=1S/C15H27NO3/c1-11(2)13(14(17)18)16-10-12-6-9-15(19-12)7-4-3-5-8-15/h11-13,16H,3-10H2,1-2H3,(H,17,18). The van der Waals surface area contributed by atoms with Gasteiger partial charge in [-0.15, -0.1) is 0 Å². The summed E-state index contributed by atoms with van der Waals surface area (Å²) in [5.74, 6) is -0.664. The molecule has 1 aliphatic carbocycles. The van der Waals surface area contributed by atoms with Crippen LogP contribution in [-0.2, 0) is 9.53 Å². The number of carboxylic acid groups (broad SMARTS) is 1. The Bertz CT molecular complexity index is 311. The number of aliphatic carboxylic acids is 1. The van der Waals surface area contributed by atoms with Crippen molar-refractivity contribution in [1.29, 1.82) is 0 Å². The molecule has 1 heterocycles. The molecular weight excluding hydrogens is 242 g/mol. The number of rotatable bonds is 5. The third-order valence-corrected chi connectivity index (χ3v) is 4.60. The van der Waals surface area contributed by atoms with Crippen LogP contribution in [0.25, 0.3) is 0 Å². The van der Waals surface area contributed by atoms with Gasteiger partial charge in [-0.25, -0.2) is 0 Å². The molecule has 1 saturated carbocycles. The fourth-order valence-electron chi connectivity index (χ4n) is 3.47. The van der Waals surface area contributed by atoms with E-state index in [1.54, 1.807) is 0 Å². The Morgan fingerprint density at radius 3 is 2.58 bits per heavy atom. The first-order valence-corrected chi connectivity index (χ1v) is 7.66. The largest absolute Gasteiger partial charge is 0.480 e. The van der Waals surface area contributed by atoms with Crippen molar-refractivity contribution >= 4 is 5.97 Å². The summed E-state index contributed by atoms with van der Waals surface area (Å²) >= 11 is 0. The van der Waals surface area contributed by atoms with E-state index >= 15 is 0 Å². The van der Waals surface area contributed by atoms with Gasteiger partial charge in [-0.1, -0.05) is 33.1 Å². The topological polar surface area (TPSA) is 58.6 Å². The predicted octanol–water partition coefficient (Wildman–Crippen LogP) is 2.57. The maximum atomic E-state index is 11.1. The lowest BCUT2D eigenvalue weighted by Gasteiger charge is -2.33. The van der Waals surface area contributed by atoms with Crippen molar-refractivity contribution in [1.82, 2.24) is 5.32 Å². The monoisotopic (exact) mass is 269 g/mol. The van der Waals surface area contributed by atoms with Gasteiger partial charge in [0.05, 0.1) is 11.7 Å². The van der Waals surface area contributed by atoms with Crippen LogP contribution >= 0.6 is 0 Å². The minimum atomic E-state index is -0.764. The maximum Gasteiger partial charge on any atom is 0.320 e. The van der Waals surface area contributed by atoms with E-state index in [2.05, 4.69) is 5.32 Å². The highest BCUT2D eigenvalue weighted by Gasteiger charge is 2.40.